The van der Waals surface area contributed by atoms with E-state index in [9.17, 15) is 35.9 Å². The summed E-state index contributed by atoms with van der Waals surface area (Å²) in [5.74, 6) is -3.19. The summed E-state index contributed by atoms with van der Waals surface area (Å²) in [5, 5.41) is 0.266. The summed E-state index contributed by atoms with van der Waals surface area (Å²) in [4.78, 5) is 26.0. The predicted octanol–water partition coefficient (Wildman–Crippen LogP) is 8.07. The second kappa shape index (κ2) is 11.2. The molecule has 2 aliphatic rings. The summed E-state index contributed by atoms with van der Waals surface area (Å²) in [6.07, 6.45) is -12.2. The van der Waals surface area contributed by atoms with Crippen molar-refractivity contribution in [3.63, 3.8) is 0 Å². The monoisotopic (exact) mass is 642 g/mol. The van der Waals surface area contributed by atoms with Gasteiger partial charge in [0.1, 0.15) is 41.0 Å². The van der Waals surface area contributed by atoms with Crippen LogP contribution in [0.5, 0.6) is 17.2 Å². The summed E-state index contributed by atoms with van der Waals surface area (Å²) in [5.41, 5.74) is -2.86. The Hall–Kier alpha value is -3.90. The summed E-state index contributed by atoms with van der Waals surface area (Å²) in [7, 11) is 1.25. The van der Waals surface area contributed by atoms with Crippen LogP contribution in [-0.4, -0.2) is 37.8 Å². The zero-order chi connectivity index (χ0) is 33.1. The second-order valence-electron chi connectivity index (χ2n) is 12.5. The highest BCUT2D eigenvalue weighted by molar-refractivity contribution is 5.84. The van der Waals surface area contributed by atoms with Crippen LogP contribution in [-0.2, 0) is 9.53 Å². The van der Waals surface area contributed by atoms with Gasteiger partial charge in [-0.15, -0.1) is 13.2 Å². The largest absolute Gasteiger partial charge is 0.573 e. The third kappa shape index (κ3) is 6.05. The molecule has 13 heteroatoms. The molecule has 2 aromatic carbocycles. The Morgan fingerprint density at radius 3 is 2.18 bits per heavy atom. The van der Waals surface area contributed by atoms with Gasteiger partial charge in [0.2, 0.25) is 0 Å². The highest BCUT2D eigenvalue weighted by atomic mass is 19.4. The molecule has 45 heavy (non-hydrogen) atoms. The Labute approximate surface area is 254 Å². The molecule has 2 aliphatic carbocycles. The molecule has 2 fully saturated rings. The van der Waals surface area contributed by atoms with Crippen LogP contribution in [0, 0.1) is 22.7 Å². The highest BCUT2D eigenvalue weighted by Gasteiger charge is 2.62. The van der Waals surface area contributed by atoms with Gasteiger partial charge in [-0.2, -0.15) is 13.2 Å². The molecule has 5 unspecified atom stereocenters. The lowest BCUT2D eigenvalue weighted by Gasteiger charge is -2.57. The molecule has 244 valence electrons. The first-order chi connectivity index (χ1) is 20.8. The molecular weight excluding hydrogens is 610 g/mol. The number of fused-ring (bicyclic) bond motifs is 1. The maximum atomic E-state index is 14.3. The van der Waals surface area contributed by atoms with Gasteiger partial charge in [0.05, 0.1) is 18.1 Å². The van der Waals surface area contributed by atoms with Crippen LogP contribution in [0.1, 0.15) is 47.0 Å². The minimum Gasteiger partial charge on any atom is -0.497 e. The number of carbonyl (C=O) groups excluding carboxylic acids is 1. The first-order valence-electron chi connectivity index (χ1n) is 14.3. The topological polar surface area (TPSA) is 84.2 Å². The van der Waals surface area contributed by atoms with Gasteiger partial charge in [0, 0.05) is 23.1 Å². The van der Waals surface area contributed by atoms with Crippen molar-refractivity contribution in [3.05, 3.63) is 52.9 Å². The fourth-order valence-corrected chi connectivity index (χ4v) is 6.36. The van der Waals surface area contributed by atoms with Crippen molar-refractivity contribution in [3.8, 4) is 28.4 Å². The zero-order valence-electron chi connectivity index (χ0n) is 25.1. The van der Waals surface area contributed by atoms with Crippen LogP contribution in [0.2, 0.25) is 0 Å². The minimum atomic E-state index is -5.05. The summed E-state index contributed by atoms with van der Waals surface area (Å²) < 4.78 is 108. The number of hydrogen-bond donors (Lipinski definition) is 0. The number of benzene rings is 2. The van der Waals surface area contributed by atoms with E-state index in [0.29, 0.717) is 6.42 Å². The Kier molecular flexibility index (Phi) is 8.06. The van der Waals surface area contributed by atoms with E-state index in [1.807, 2.05) is 20.8 Å². The molecule has 2 saturated carbocycles. The average Bonchev–Trinajstić information content (AvgIpc) is 3.34. The SMILES string of the molecule is COc1ccc(-c2cc3ccc(OC4CCC(OC(=O)C5(C)CC(C)C5(C)C)C4C(F)(F)F)cc3oc2=O)c(OC(F)(F)F)c1. The van der Waals surface area contributed by atoms with Gasteiger partial charge in [-0.25, -0.2) is 4.79 Å². The van der Waals surface area contributed by atoms with E-state index < -0.39 is 58.8 Å². The Morgan fingerprint density at radius 1 is 0.911 bits per heavy atom. The smallest absolute Gasteiger partial charge is 0.497 e. The van der Waals surface area contributed by atoms with Crippen molar-refractivity contribution in [2.24, 2.45) is 22.7 Å². The van der Waals surface area contributed by atoms with E-state index in [1.165, 1.54) is 43.5 Å². The van der Waals surface area contributed by atoms with E-state index in [4.69, 9.17) is 18.6 Å². The number of esters is 1. The number of ether oxygens (including phenoxy) is 4. The number of hydrogen-bond acceptors (Lipinski definition) is 7. The molecule has 7 nitrogen and oxygen atoms in total. The highest BCUT2D eigenvalue weighted by Crippen LogP contribution is 2.61. The van der Waals surface area contributed by atoms with Crippen molar-refractivity contribution in [2.45, 2.75) is 71.7 Å². The summed E-state index contributed by atoms with van der Waals surface area (Å²) in [6, 6.07) is 8.80. The predicted molar refractivity (Wildman–Crippen MR) is 150 cm³/mol. The summed E-state index contributed by atoms with van der Waals surface area (Å²) >= 11 is 0. The van der Waals surface area contributed by atoms with Crippen molar-refractivity contribution >= 4 is 16.9 Å². The first-order valence-corrected chi connectivity index (χ1v) is 14.3. The van der Waals surface area contributed by atoms with Gasteiger partial charge in [0.25, 0.3) is 0 Å². The fraction of sp³-hybridized carbons (Fsp3) is 0.500. The third-order valence-electron chi connectivity index (χ3n) is 9.69. The van der Waals surface area contributed by atoms with E-state index in [-0.39, 0.29) is 52.4 Å². The van der Waals surface area contributed by atoms with E-state index in [1.54, 1.807) is 6.92 Å². The van der Waals surface area contributed by atoms with Crippen LogP contribution in [0.4, 0.5) is 26.3 Å². The van der Waals surface area contributed by atoms with E-state index in [0.717, 1.165) is 6.07 Å². The molecule has 3 aromatic rings. The maximum absolute atomic E-state index is 14.3. The number of halogens is 6. The normalized spacial score (nSPS) is 26.3. The Bertz CT molecular complexity index is 1660. The molecule has 0 saturated heterocycles. The molecular formula is C32H32F6O7. The van der Waals surface area contributed by atoms with Crippen molar-refractivity contribution in [1.82, 2.24) is 0 Å². The molecule has 5 atom stereocenters. The molecule has 1 aromatic heterocycles. The van der Waals surface area contributed by atoms with Crippen LogP contribution in [0.3, 0.4) is 0 Å². The zero-order valence-corrected chi connectivity index (χ0v) is 25.1. The standard InChI is InChI=1S/C32H32F6O7/c1-16-15-30(4,29(16,2)3)28(40)44-23-11-10-22(26(23)31(33,34)35)42-19-7-6-17-12-21(27(39)43-24(17)14-19)20-9-8-18(41-5)13-25(20)45-32(36,37)38/h6-9,12-14,16,22-23,26H,10-11,15H2,1-5H3. The van der Waals surface area contributed by atoms with E-state index in [2.05, 4.69) is 4.74 Å². The van der Waals surface area contributed by atoms with Gasteiger partial charge < -0.3 is 23.4 Å². The lowest BCUT2D eigenvalue weighted by molar-refractivity contribution is -0.274. The molecule has 1 heterocycles. The van der Waals surface area contributed by atoms with Gasteiger partial charge in [0.15, 0.2) is 0 Å². The number of alkyl halides is 6. The Balaban J connectivity index is 1.39. The van der Waals surface area contributed by atoms with Crippen LogP contribution >= 0.6 is 0 Å². The van der Waals surface area contributed by atoms with Crippen LogP contribution < -0.4 is 19.8 Å². The van der Waals surface area contributed by atoms with Crippen molar-refractivity contribution in [2.75, 3.05) is 7.11 Å². The molecule has 0 N–H and O–H groups in total. The first kappa shape index (κ1) is 32.5. The molecule has 5 rings (SSSR count). The van der Waals surface area contributed by atoms with Crippen LogP contribution in [0.15, 0.2) is 51.7 Å². The van der Waals surface area contributed by atoms with E-state index >= 15 is 0 Å². The van der Waals surface area contributed by atoms with Crippen LogP contribution in [0.25, 0.3) is 22.1 Å². The molecule has 0 amide bonds. The number of carbonyl (C=O) groups is 1. The second-order valence-corrected chi connectivity index (χ2v) is 12.5. The lowest BCUT2D eigenvalue weighted by atomic mass is 9.46. The van der Waals surface area contributed by atoms with Gasteiger partial charge in [-0.1, -0.05) is 20.8 Å². The van der Waals surface area contributed by atoms with Gasteiger partial charge >= 0.3 is 24.1 Å². The van der Waals surface area contributed by atoms with Crippen molar-refractivity contribution in [1.29, 1.82) is 0 Å². The molecule has 0 bridgehead atoms. The lowest BCUT2D eigenvalue weighted by Crippen LogP contribution is -2.58. The van der Waals surface area contributed by atoms with Gasteiger partial charge in [-0.3, -0.25) is 4.79 Å². The van der Waals surface area contributed by atoms with Gasteiger partial charge in [-0.05, 0) is 67.9 Å². The minimum absolute atomic E-state index is 0.0314. The quantitative estimate of drug-likeness (QED) is 0.146. The molecule has 0 aliphatic heterocycles. The number of rotatable bonds is 7. The van der Waals surface area contributed by atoms with Crippen molar-refractivity contribution < 1.29 is 54.5 Å². The summed E-state index contributed by atoms with van der Waals surface area (Å²) in [6.45, 7) is 7.50. The molecule has 0 spiro atoms. The fourth-order valence-electron chi connectivity index (χ4n) is 6.36. The molecule has 0 radical (unpaired) electrons. The Morgan fingerprint density at radius 2 is 1.58 bits per heavy atom. The number of methoxy groups -OCH3 is 1. The average molecular weight is 643 g/mol. The third-order valence-corrected chi connectivity index (χ3v) is 9.69. The maximum Gasteiger partial charge on any atom is 0.573 e.